The van der Waals surface area contributed by atoms with Crippen LogP contribution in [0, 0.1) is 29.6 Å². The Morgan fingerprint density at radius 1 is 0.843 bits per heavy atom. The highest BCUT2D eigenvalue weighted by Gasteiger charge is 2.45. The Morgan fingerprint density at radius 2 is 1.52 bits per heavy atom. The number of carbonyl (C=O) groups excluding carboxylic acids is 10. The molecule has 8 N–H and O–H groups in total. The summed E-state index contributed by atoms with van der Waals surface area (Å²) in [5.41, 5.74) is 6.92. The van der Waals surface area contributed by atoms with Crippen molar-refractivity contribution in [2.45, 2.75) is 181 Å². The smallest absolute Gasteiger partial charge is 0.410 e. The lowest BCUT2D eigenvalue weighted by Crippen LogP contribution is -2.54. The van der Waals surface area contributed by atoms with Crippen LogP contribution in [0.3, 0.4) is 0 Å². The SMILES string of the molecule is CC[C@H](O)[C@@H](C)[C@H]1O[C@@H]1C[C@H](C)/C=C/C=C(\C)[C@H]1OC(=O)C[C@H](O)CC[C@H](COC(C)=O)[C@@H](OC(=O)N2CCN(C(=O)OCc3ccc(NC(=O)[C@H](CCCNC(N)=O)NC(=O)[C@@H](NC(=O)CCCCCN4C(=O)C=CC4=O)C(C)C)cc3)CC2)/C=C/[C@@H]1C. The number of piperazine rings is 1. The van der Waals surface area contributed by atoms with E-state index in [0.29, 0.717) is 36.9 Å². The van der Waals surface area contributed by atoms with Crippen LogP contribution < -0.4 is 27.0 Å². The highest BCUT2D eigenvalue weighted by molar-refractivity contribution is 6.12. The van der Waals surface area contributed by atoms with Gasteiger partial charge >= 0.3 is 30.2 Å². The van der Waals surface area contributed by atoms with Gasteiger partial charge in [0.05, 0.1) is 37.4 Å². The second-order valence-electron chi connectivity index (χ2n) is 24.0. The number of rotatable bonds is 29. The van der Waals surface area contributed by atoms with E-state index >= 15 is 0 Å². The number of nitrogens with zero attached hydrogens (tertiary/aromatic N) is 3. The van der Waals surface area contributed by atoms with Crippen molar-refractivity contribution < 1.29 is 81.8 Å². The zero-order chi connectivity index (χ0) is 65.3. The summed E-state index contributed by atoms with van der Waals surface area (Å²) < 4.78 is 29.1. The van der Waals surface area contributed by atoms with Gasteiger partial charge in [-0.2, -0.15) is 0 Å². The minimum absolute atomic E-state index is 0.0294. The summed E-state index contributed by atoms with van der Waals surface area (Å²) in [6.45, 7) is 15.1. The standard InChI is InChI=1S/C64H94N8O17/c1-9-50(75)43(7)59-52(87-59)35-40(4)15-13-16-41(5)58-42(6)19-26-51(46(38-85-44(8)73)22-25-48(74)36-56(79)89-58)88-64(84)71-33-31-70(32-34-71)63(83)86-37-45-20-23-47(24-21-45)67-60(80)49(17-14-29-66-62(65)82)68-61(81)57(39(2)3)69-53(76)18-11-10-12-30-72-54(77)27-28-55(72)78/h13,15-16,19-21,23-24,26-28,39-40,42-43,46,48-52,57-59,74-75H,9-12,14,17-18,22,25,29-38H2,1-8H3,(H,67,80)(H,68,81)(H,69,76)(H3,65,66,82)/b15-13+,26-19+,41-16+/t40-,42+,43-,46-,48-,49+,50+,51+,52-,57+,58-,59-/m1/s1. The summed E-state index contributed by atoms with van der Waals surface area (Å²) in [5, 5.41) is 32.0. The van der Waals surface area contributed by atoms with Crippen molar-refractivity contribution in [2.24, 2.45) is 35.3 Å². The summed E-state index contributed by atoms with van der Waals surface area (Å²) in [4.78, 5) is 132. The number of aliphatic hydroxyl groups excluding tert-OH is 2. The maximum absolute atomic E-state index is 13.9. The third-order valence-electron chi connectivity index (χ3n) is 16.3. The van der Waals surface area contributed by atoms with Gasteiger partial charge in [-0.25, -0.2) is 14.4 Å². The van der Waals surface area contributed by atoms with E-state index in [1.54, 1.807) is 50.3 Å². The third kappa shape index (κ3) is 24.3. The Kier molecular flexibility index (Phi) is 29.3. The van der Waals surface area contributed by atoms with Gasteiger partial charge in [-0.15, -0.1) is 0 Å². The first-order valence-corrected chi connectivity index (χ1v) is 31.1. The number of carbonyl (C=O) groups is 10. The van der Waals surface area contributed by atoms with E-state index in [4.69, 9.17) is 29.4 Å². The number of hydrogen-bond acceptors (Lipinski definition) is 17. The number of nitrogens with one attached hydrogen (secondary N) is 4. The quantitative estimate of drug-likeness (QED) is 0.00993. The van der Waals surface area contributed by atoms with E-state index in [2.05, 4.69) is 28.2 Å². The largest absolute Gasteiger partial charge is 0.465 e. The number of amides is 9. The Labute approximate surface area is 521 Å². The summed E-state index contributed by atoms with van der Waals surface area (Å²) >= 11 is 0. The molecule has 12 atom stereocenters. The molecule has 5 rings (SSSR count). The van der Waals surface area contributed by atoms with Crippen LogP contribution in [0.5, 0.6) is 0 Å². The molecular formula is C64H94N8O17. The molecule has 0 radical (unpaired) electrons. The average molecular weight is 1250 g/mol. The summed E-state index contributed by atoms with van der Waals surface area (Å²) in [7, 11) is 0. The molecule has 492 valence electrons. The molecule has 2 fully saturated rings. The number of esters is 2. The summed E-state index contributed by atoms with van der Waals surface area (Å²) in [6, 6.07) is 3.66. The van der Waals surface area contributed by atoms with Gasteiger partial charge in [0.15, 0.2) is 0 Å². The molecule has 89 heavy (non-hydrogen) atoms. The lowest BCUT2D eigenvalue weighted by atomic mass is 9.91. The van der Waals surface area contributed by atoms with Gasteiger partial charge in [-0.05, 0) is 99.5 Å². The van der Waals surface area contributed by atoms with Gasteiger partial charge in [0.25, 0.3) is 11.8 Å². The molecule has 9 amide bonds. The lowest BCUT2D eigenvalue weighted by Gasteiger charge is -2.35. The molecule has 4 heterocycles. The number of aliphatic hydroxyl groups is 2. The van der Waals surface area contributed by atoms with Gasteiger partial charge in [0, 0.05) is 88.2 Å². The Balaban J connectivity index is 1.13. The number of imide groups is 1. The molecule has 0 unspecified atom stereocenters. The van der Waals surface area contributed by atoms with Crippen LogP contribution in [-0.4, -0.2) is 179 Å². The first-order chi connectivity index (χ1) is 42.3. The molecule has 0 aliphatic carbocycles. The first kappa shape index (κ1) is 72.1. The Bertz CT molecular complexity index is 2690. The molecule has 1 aromatic rings. The molecule has 0 aromatic heterocycles. The van der Waals surface area contributed by atoms with Crippen molar-refractivity contribution in [1.29, 1.82) is 0 Å². The predicted molar refractivity (Wildman–Crippen MR) is 327 cm³/mol. The molecule has 4 aliphatic heterocycles. The first-order valence-electron chi connectivity index (χ1n) is 31.1. The number of epoxide rings is 1. The average Bonchev–Trinajstić information content (AvgIpc) is 1.99. The maximum atomic E-state index is 13.9. The topological polar surface area (TPSA) is 344 Å². The number of nitrogens with two attached hydrogens (primary N) is 1. The van der Waals surface area contributed by atoms with Crippen molar-refractivity contribution in [1.82, 2.24) is 30.7 Å². The molecule has 2 saturated heterocycles. The van der Waals surface area contributed by atoms with Crippen molar-refractivity contribution in [2.75, 3.05) is 51.2 Å². The van der Waals surface area contributed by atoms with Gasteiger partial charge in [-0.3, -0.25) is 38.5 Å². The fourth-order valence-electron chi connectivity index (χ4n) is 10.7. The van der Waals surface area contributed by atoms with E-state index in [1.807, 2.05) is 45.9 Å². The molecule has 25 heteroatoms. The van der Waals surface area contributed by atoms with Crippen molar-refractivity contribution in [3.05, 3.63) is 77.9 Å². The van der Waals surface area contributed by atoms with Crippen LogP contribution in [0.1, 0.15) is 132 Å². The van der Waals surface area contributed by atoms with Gasteiger partial charge in [-0.1, -0.05) is 84.4 Å². The van der Waals surface area contributed by atoms with E-state index < -0.39 is 90.3 Å². The minimum atomic E-state index is -1.09. The van der Waals surface area contributed by atoms with Gasteiger partial charge in [0.2, 0.25) is 17.7 Å². The number of primary amides is 1. The number of ether oxygens (including phenoxy) is 5. The Hall–Kier alpha value is -7.64. The van der Waals surface area contributed by atoms with E-state index in [9.17, 15) is 58.2 Å². The second kappa shape index (κ2) is 36.1. The van der Waals surface area contributed by atoms with Crippen molar-refractivity contribution >= 4 is 65.4 Å². The number of benzene rings is 1. The van der Waals surface area contributed by atoms with Crippen molar-refractivity contribution in [3.63, 3.8) is 0 Å². The van der Waals surface area contributed by atoms with Gasteiger partial charge in [0.1, 0.15) is 30.9 Å². The number of unbranched alkanes of at least 4 members (excludes halogenated alkanes) is 2. The molecule has 0 spiro atoms. The fourth-order valence-corrected chi connectivity index (χ4v) is 10.7. The minimum Gasteiger partial charge on any atom is -0.465 e. The van der Waals surface area contributed by atoms with E-state index in [-0.39, 0.29) is 139 Å². The third-order valence-corrected chi connectivity index (χ3v) is 16.3. The highest BCUT2D eigenvalue weighted by Crippen LogP contribution is 2.37. The number of urea groups is 1. The van der Waals surface area contributed by atoms with E-state index in [0.717, 1.165) is 16.9 Å². The van der Waals surface area contributed by atoms with Crippen LogP contribution in [0.15, 0.2) is 72.4 Å². The number of allylic oxidation sites excluding steroid dienone is 3. The molecule has 25 nitrogen and oxygen atoms in total. The fraction of sp³-hybridized carbons (Fsp3) is 0.625. The summed E-state index contributed by atoms with van der Waals surface area (Å²) in [6.07, 6.45) is 10.9. The predicted octanol–water partition coefficient (Wildman–Crippen LogP) is 5.48. The lowest BCUT2D eigenvalue weighted by molar-refractivity contribution is -0.151. The van der Waals surface area contributed by atoms with Crippen LogP contribution in [0.25, 0.3) is 0 Å². The summed E-state index contributed by atoms with van der Waals surface area (Å²) in [5.74, 6) is -4.57. The Morgan fingerprint density at radius 3 is 2.16 bits per heavy atom. The monoisotopic (exact) mass is 1250 g/mol. The second-order valence-corrected chi connectivity index (χ2v) is 24.0. The number of hydrogen-bond donors (Lipinski definition) is 7. The molecular weight excluding hydrogens is 1150 g/mol. The van der Waals surface area contributed by atoms with Gasteiger partial charge < -0.3 is 70.7 Å². The number of anilines is 1. The maximum Gasteiger partial charge on any atom is 0.410 e. The normalized spacial score (nSPS) is 23.6. The molecule has 0 saturated carbocycles. The highest BCUT2D eigenvalue weighted by atomic mass is 16.6. The van der Waals surface area contributed by atoms with Crippen LogP contribution in [0.4, 0.5) is 20.1 Å². The van der Waals surface area contributed by atoms with E-state index in [1.165, 1.54) is 28.9 Å². The molecule has 0 bridgehead atoms. The molecule has 4 aliphatic rings. The van der Waals surface area contributed by atoms with Crippen molar-refractivity contribution in [3.8, 4) is 0 Å². The number of cyclic esters (lactones) is 1. The zero-order valence-electron chi connectivity index (χ0n) is 52.7. The zero-order valence-corrected chi connectivity index (χ0v) is 52.7. The van der Waals surface area contributed by atoms with Crippen LogP contribution in [-0.2, 0) is 63.9 Å². The molecule has 1 aromatic carbocycles. The van der Waals surface area contributed by atoms with Crippen LogP contribution in [0.2, 0.25) is 0 Å². The van der Waals surface area contributed by atoms with Crippen LogP contribution >= 0.6 is 0 Å².